The van der Waals surface area contributed by atoms with Crippen molar-refractivity contribution in [1.82, 2.24) is 9.55 Å². The molecule has 0 amide bonds. The third-order valence-corrected chi connectivity index (χ3v) is 4.64. The maximum atomic E-state index is 5.57. The van der Waals surface area contributed by atoms with Crippen molar-refractivity contribution in [2.45, 2.75) is 52.5 Å². The molecule has 0 unspecified atom stereocenters. The highest BCUT2D eigenvalue weighted by Gasteiger charge is 2.28. The van der Waals surface area contributed by atoms with Gasteiger partial charge in [-0.1, -0.05) is 32.9 Å². The fraction of sp³-hybridized carbons (Fsp3) is 0.533. The lowest BCUT2D eigenvalue weighted by atomic mass is 9.89. The standard InChI is InChI=1S/C15H22N2S/c1-5-15(6-2,7-3)17-13-11(4)9-8-10-12(13)16-14(17)18/h8-10H,5-7H2,1-4H3,(H,16,18). The molecule has 3 heteroatoms. The molecule has 0 spiro atoms. The predicted molar refractivity (Wildman–Crippen MR) is 80.7 cm³/mol. The molecular formula is C15H22N2S. The third kappa shape index (κ3) is 1.81. The van der Waals surface area contributed by atoms with Crippen LogP contribution in [0, 0.1) is 11.7 Å². The SMILES string of the molecule is CCC(CC)(CC)n1c(=S)[nH]c2cccc(C)c21. The van der Waals surface area contributed by atoms with E-state index >= 15 is 0 Å². The number of fused-ring (bicyclic) bond motifs is 1. The van der Waals surface area contributed by atoms with Gasteiger partial charge in [-0.25, -0.2) is 0 Å². The second-order valence-corrected chi connectivity index (χ2v) is 5.41. The van der Waals surface area contributed by atoms with Gasteiger partial charge in [-0.15, -0.1) is 0 Å². The van der Waals surface area contributed by atoms with Crippen molar-refractivity contribution in [1.29, 1.82) is 0 Å². The van der Waals surface area contributed by atoms with Crippen LogP contribution in [0.5, 0.6) is 0 Å². The second kappa shape index (κ2) is 4.88. The van der Waals surface area contributed by atoms with Crippen LogP contribution in [0.1, 0.15) is 45.6 Å². The number of para-hydroxylation sites is 1. The summed E-state index contributed by atoms with van der Waals surface area (Å²) in [6.07, 6.45) is 3.32. The molecule has 18 heavy (non-hydrogen) atoms. The minimum absolute atomic E-state index is 0.140. The van der Waals surface area contributed by atoms with E-state index in [1.54, 1.807) is 0 Å². The van der Waals surface area contributed by atoms with Crippen LogP contribution in [0.25, 0.3) is 11.0 Å². The smallest absolute Gasteiger partial charge is 0.178 e. The normalized spacial score (nSPS) is 12.2. The van der Waals surface area contributed by atoms with E-state index < -0.39 is 0 Å². The molecular weight excluding hydrogens is 240 g/mol. The van der Waals surface area contributed by atoms with E-state index in [1.807, 2.05) is 0 Å². The molecule has 2 rings (SSSR count). The Morgan fingerprint density at radius 1 is 1.17 bits per heavy atom. The van der Waals surface area contributed by atoms with Gasteiger partial charge in [0.05, 0.1) is 11.0 Å². The van der Waals surface area contributed by atoms with Gasteiger partial charge < -0.3 is 9.55 Å². The first kappa shape index (κ1) is 13.3. The van der Waals surface area contributed by atoms with Crippen LogP contribution >= 0.6 is 12.2 Å². The Morgan fingerprint density at radius 2 is 1.78 bits per heavy atom. The Morgan fingerprint density at radius 3 is 2.33 bits per heavy atom. The van der Waals surface area contributed by atoms with Crippen molar-refractivity contribution < 1.29 is 0 Å². The Labute approximate surface area is 114 Å². The number of aromatic nitrogens is 2. The van der Waals surface area contributed by atoms with Crippen molar-refractivity contribution in [3.8, 4) is 0 Å². The van der Waals surface area contributed by atoms with E-state index in [0.29, 0.717) is 0 Å². The topological polar surface area (TPSA) is 20.7 Å². The molecule has 2 aromatic rings. The Bertz CT molecular complexity index is 594. The summed E-state index contributed by atoms with van der Waals surface area (Å²) >= 11 is 5.57. The van der Waals surface area contributed by atoms with Crippen molar-refractivity contribution in [2.24, 2.45) is 0 Å². The molecule has 1 N–H and O–H groups in total. The van der Waals surface area contributed by atoms with Gasteiger partial charge in [-0.3, -0.25) is 0 Å². The molecule has 1 aromatic carbocycles. The number of nitrogens with zero attached hydrogens (tertiary/aromatic N) is 1. The molecule has 0 fully saturated rings. The van der Waals surface area contributed by atoms with Crippen LogP contribution in [0.15, 0.2) is 18.2 Å². The number of rotatable bonds is 4. The zero-order valence-electron chi connectivity index (χ0n) is 11.7. The van der Waals surface area contributed by atoms with Crippen LogP contribution in [0.2, 0.25) is 0 Å². The maximum absolute atomic E-state index is 5.57. The Balaban J connectivity index is 2.85. The highest BCUT2D eigenvalue weighted by atomic mass is 32.1. The average Bonchev–Trinajstić information content (AvgIpc) is 2.71. The summed E-state index contributed by atoms with van der Waals surface area (Å²) < 4.78 is 3.21. The number of H-pyrrole nitrogens is 1. The second-order valence-electron chi connectivity index (χ2n) is 5.02. The lowest BCUT2D eigenvalue weighted by Crippen LogP contribution is -2.31. The lowest BCUT2D eigenvalue weighted by molar-refractivity contribution is 0.255. The summed E-state index contributed by atoms with van der Waals surface area (Å²) in [5, 5.41) is 0. The molecule has 0 aliphatic rings. The summed E-state index contributed by atoms with van der Waals surface area (Å²) in [6, 6.07) is 6.35. The van der Waals surface area contributed by atoms with E-state index in [0.717, 1.165) is 29.6 Å². The highest BCUT2D eigenvalue weighted by Crippen LogP contribution is 2.34. The highest BCUT2D eigenvalue weighted by molar-refractivity contribution is 7.71. The van der Waals surface area contributed by atoms with Crippen LogP contribution in [0.4, 0.5) is 0 Å². The van der Waals surface area contributed by atoms with Gasteiger partial charge in [0.15, 0.2) is 4.77 Å². The fourth-order valence-corrected chi connectivity index (χ4v) is 3.40. The number of aromatic amines is 1. The van der Waals surface area contributed by atoms with E-state index in [-0.39, 0.29) is 5.54 Å². The van der Waals surface area contributed by atoms with Crippen molar-refractivity contribution in [3.63, 3.8) is 0 Å². The third-order valence-electron chi connectivity index (χ3n) is 4.35. The molecule has 98 valence electrons. The van der Waals surface area contributed by atoms with Crippen LogP contribution in [-0.2, 0) is 5.54 Å². The summed E-state index contributed by atoms with van der Waals surface area (Å²) in [5.41, 5.74) is 3.86. The fourth-order valence-electron chi connectivity index (χ4n) is 3.01. The van der Waals surface area contributed by atoms with E-state index in [4.69, 9.17) is 12.2 Å². The first-order valence-electron chi connectivity index (χ1n) is 6.80. The zero-order chi connectivity index (χ0) is 13.3. The molecule has 2 nitrogen and oxygen atoms in total. The van der Waals surface area contributed by atoms with Crippen molar-refractivity contribution in [3.05, 3.63) is 28.5 Å². The van der Waals surface area contributed by atoms with E-state index in [9.17, 15) is 0 Å². The number of benzene rings is 1. The van der Waals surface area contributed by atoms with Crippen molar-refractivity contribution in [2.75, 3.05) is 0 Å². The first-order valence-corrected chi connectivity index (χ1v) is 7.21. The summed E-state index contributed by atoms with van der Waals surface area (Å²) in [7, 11) is 0. The Hall–Kier alpha value is -1.09. The van der Waals surface area contributed by atoms with Gasteiger partial charge in [0.2, 0.25) is 0 Å². The van der Waals surface area contributed by atoms with Crippen LogP contribution in [0.3, 0.4) is 0 Å². The van der Waals surface area contributed by atoms with Crippen LogP contribution < -0.4 is 0 Å². The first-order chi connectivity index (χ1) is 8.59. The maximum Gasteiger partial charge on any atom is 0.178 e. The molecule has 0 bridgehead atoms. The minimum Gasteiger partial charge on any atom is -0.331 e. The van der Waals surface area contributed by atoms with Gasteiger partial charge in [-0.05, 0) is 50.0 Å². The monoisotopic (exact) mass is 262 g/mol. The van der Waals surface area contributed by atoms with Gasteiger partial charge >= 0.3 is 0 Å². The van der Waals surface area contributed by atoms with Gasteiger partial charge in [0, 0.05) is 5.54 Å². The minimum atomic E-state index is 0.140. The Kier molecular flexibility index (Phi) is 3.62. The number of hydrogen-bond donors (Lipinski definition) is 1. The van der Waals surface area contributed by atoms with Gasteiger partial charge in [-0.2, -0.15) is 0 Å². The van der Waals surface area contributed by atoms with Gasteiger partial charge in [0.1, 0.15) is 0 Å². The molecule has 0 saturated heterocycles. The van der Waals surface area contributed by atoms with Crippen LogP contribution in [-0.4, -0.2) is 9.55 Å². The zero-order valence-corrected chi connectivity index (χ0v) is 12.5. The molecule has 1 aromatic heterocycles. The van der Waals surface area contributed by atoms with E-state index in [2.05, 4.69) is 55.4 Å². The summed E-state index contributed by atoms with van der Waals surface area (Å²) in [4.78, 5) is 3.35. The number of aryl methyl sites for hydroxylation is 1. The van der Waals surface area contributed by atoms with E-state index in [1.165, 1.54) is 11.1 Å². The average molecular weight is 262 g/mol. The quantitative estimate of drug-likeness (QED) is 0.775. The molecule has 0 aliphatic carbocycles. The molecule has 0 aliphatic heterocycles. The van der Waals surface area contributed by atoms with Gasteiger partial charge in [0.25, 0.3) is 0 Å². The molecule has 0 atom stereocenters. The lowest BCUT2D eigenvalue weighted by Gasteiger charge is -2.33. The largest absolute Gasteiger partial charge is 0.331 e. The molecule has 0 saturated carbocycles. The van der Waals surface area contributed by atoms with Crippen molar-refractivity contribution >= 4 is 23.3 Å². The molecule has 0 radical (unpaired) electrons. The number of nitrogens with one attached hydrogen (secondary N) is 1. The number of hydrogen-bond acceptors (Lipinski definition) is 1. The summed E-state index contributed by atoms with van der Waals surface area (Å²) in [5.74, 6) is 0. The molecule has 1 heterocycles. The number of imidazole rings is 1. The summed E-state index contributed by atoms with van der Waals surface area (Å²) in [6.45, 7) is 8.93. The predicted octanol–water partition coefficient (Wildman–Crippen LogP) is 4.93.